The van der Waals surface area contributed by atoms with Crippen molar-refractivity contribution in [3.8, 4) is 0 Å². The fraction of sp³-hybridized carbons (Fsp3) is 0.421. The van der Waals surface area contributed by atoms with Crippen LogP contribution < -0.4 is 5.32 Å². The number of hydrogen-bond donors (Lipinski definition) is 1. The van der Waals surface area contributed by atoms with Gasteiger partial charge in [0.25, 0.3) is 0 Å². The van der Waals surface area contributed by atoms with E-state index in [-0.39, 0.29) is 42.5 Å². The minimum atomic E-state index is -0.219. The Morgan fingerprint density at radius 2 is 1.67 bits per heavy atom. The van der Waals surface area contributed by atoms with Crippen LogP contribution in [0.15, 0.2) is 42.5 Å². The van der Waals surface area contributed by atoms with Crippen molar-refractivity contribution in [2.45, 2.75) is 25.7 Å². The molecule has 1 fully saturated rings. The Bertz CT molecular complexity index is 628. The van der Waals surface area contributed by atoms with E-state index in [4.69, 9.17) is 0 Å². The van der Waals surface area contributed by atoms with Gasteiger partial charge in [-0.25, -0.2) is 0 Å². The average Bonchev–Trinajstić information content (AvgIpc) is 2.85. The number of nitrogens with one attached hydrogen (secondary N) is 1. The molecule has 126 valence electrons. The maximum atomic E-state index is 12.3. The molecule has 1 aliphatic carbocycles. The molecule has 0 unspecified atom stereocenters. The van der Waals surface area contributed by atoms with Gasteiger partial charge in [-0.1, -0.05) is 42.5 Å². The molecule has 3 rings (SSSR count). The molecular weight excluding hydrogens is 304 g/mol. The summed E-state index contributed by atoms with van der Waals surface area (Å²) in [4.78, 5) is 37.8. The summed E-state index contributed by atoms with van der Waals surface area (Å²) in [5.74, 6) is -0.801. The maximum absolute atomic E-state index is 12.3. The van der Waals surface area contributed by atoms with Crippen LogP contribution in [0, 0.1) is 11.8 Å². The molecular formula is C19H22N2O3. The van der Waals surface area contributed by atoms with E-state index in [9.17, 15) is 14.4 Å². The molecule has 1 aromatic carbocycles. The number of nitrogens with zero attached hydrogens (tertiary/aromatic N) is 1. The second-order valence-corrected chi connectivity index (χ2v) is 6.32. The highest BCUT2D eigenvalue weighted by molar-refractivity contribution is 6.05. The van der Waals surface area contributed by atoms with Gasteiger partial charge in [-0.15, -0.1) is 0 Å². The number of carbonyl (C=O) groups excluding carboxylic acids is 3. The number of benzene rings is 1. The molecule has 3 amide bonds. The van der Waals surface area contributed by atoms with Gasteiger partial charge in [-0.05, 0) is 24.8 Å². The Kier molecular flexibility index (Phi) is 5.08. The van der Waals surface area contributed by atoms with Gasteiger partial charge in [-0.2, -0.15) is 0 Å². The van der Waals surface area contributed by atoms with Crippen molar-refractivity contribution < 1.29 is 14.4 Å². The number of allylic oxidation sites excluding steroid dienone is 2. The first-order valence-corrected chi connectivity index (χ1v) is 8.47. The largest absolute Gasteiger partial charge is 0.356 e. The molecule has 0 spiro atoms. The summed E-state index contributed by atoms with van der Waals surface area (Å²) in [7, 11) is 0. The van der Waals surface area contributed by atoms with Gasteiger partial charge in [0.1, 0.15) is 0 Å². The standard InChI is InChI=1S/C19H22N2O3/c22-17(20-12-10-14-6-2-1-3-7-14)11-13-21-18(23)15-8-4-5-9-16(15)19(21)24/h1-7,15-16H,8-13H2,(H,20,22)/t15-,16+. The Morgan fingerprint density at radius 3 is 2.29 bits per heavy atom. The van der Waals surface area contributed by atoms with Gasteiger partial charge in [-0.3, -0.25) is 19.3 Å². The van der Waals surface area contributed by atoms with Crippen LogP contribution in [0.25, 0.3) is 0 Å². The third-order valence-electron chi connectivity index (χ3n) is 4.74. The number of imide groups is 1. The van der Waals surface area contributed by atoms with Crippen LogP contribution >= 0.6 is 0 Å². The van der Waals surface area contributed by atoms with Gasteiger partial charge < -0.3 is 5.32 Å². The third kappa shape index (κ3) is 3.55. The summed E-state index contributed by atoms with van der Waals surface area (Å²) in [6, 6.07) is 9.93. The Morgan fingerprint density at radius 1 is 1.04 bits per heavy atom. The first kappa shape index (κ1) is 16.4. The monoisotopic (exact) mass is 326 g/mol. The number of amides is 3. The predicted molar refractivity (Wildman–Crippen MR) is 89.8 cm³/mol. The zero-order valence-corrected chi connectivity index (χ0v) is 13.6. The second kappa shape index (κ2) is 7.43. The highest BCUT2D eigenvalue weighted by Gasteiger charge is 2.46. The van der Waals surface area contributed by atoms with E-state index in [2.05, 4.69) is 5.32 Å². The second-order valence-electron chi connectivity index (χ2n) is 6.32. The van der Waals surface area contributed by atoms with Gasteiger partial charge >= 0.3 is 0 Å². The summed E-state index contributed by atoms with van der Waals surface area (Å²) in [5.41, 5.74) is 1.17. The smallest absolute Gasteiger partial charge is 0.233 e. The molecule has 1 aliphatic heterocycles. The Balaban J connectivity index is 1.43. The molecule has 5 heteroatoms. The van der Waals surface area contributed by atoms with Gasteiger partial charge in [0.2, 0.25) is 17.7 Å². The molecule has 24 heavy (non-hydrogen) atoms. The van der Waals surface area contributed by atoms with Crippen LogP contribution in [0.5, 0.6) is 0 Å². The molecule has 1 N–H and O–H groups in total. The van der Waals surface area contributed by atoms with Crippen LogP contribution in [0.3, 0.4) is 0 Å². The number of hydrogen-bond acceptors (Lipinski definition) is 3. The summed E-state index contributed by atoms with van der Waals surface area (Å²) in [6.07, 6.45) is 6.13. The average molecular weight is 326 g/mol. The van der Waals surface area contributed by atoms with Crippen LogP contribution in [-0.2, 0) is 20.8 Å². The fourth-order valence-corrected chi connectivity index (χ4v) is 3.38. The molecule has 0 bridgehead atoms. The van der Waals surface area contributed by atoms with Crippen molar-refractivity contribution in [2.75, 3.05) is 13.1 Å². The van der Waals surface area contributed by atoms with E-state index in [1.807, 2.05) is 42.5 Å². The van der Waals surface area contributed by atoms with E-state index in [1.165, 1.54) is 10.5 Å². The maximum Gasteiger partial charge on any atom is 0.233 e. The van der Waals surface area contributed by atoms with Crippen molar-refractivity contribution in [2.24, 2.45) is 11.8 Å². The SMILES string of the molecule is O=C(CCN1C(=O)[C@H]2CC=CC[C@H]2C1=O)NCCc1ccccc1. The lowest BCUT2D eigenvalue weighted by Gasteiger charge is -2.14. The van der Waals surface area contributed by atoms with E-state index < -0.39 is 0 Å². The summed E-state index contributed by atoms with van der Waals surface area (Å²) < 4.78 is 0. The Hall–Kier alpha value is -2.43. The highest BCUT2D eigenvalue weighted by atomic mass is 16.2. The van der Waals surface area contributed by atoms with E-state index in [0.29, 0.717) is 19.4 Å². The van der Waals surface area contributed by atoms with E-state index in [1.54, 1.807) is 0 Å². The zero-order chi connectivity index (χ0) is 16.9. The highest BCUT2D eigenvalue weighted by Crippen LogP contribution is 2.34. The van der Waals surface area contributed by atoms with Crippen molar-refractivity contribution in [3.63, 3.8) is 0 Å². The van der Waals surface area contributed by atoms with Crippen LogP contribution in [0.1, 0.15) is 24.8 Å². The predicted octanol–water partition coefficient (Wildman–Crippen LogP) is 1.69. The van der Waals surface area contributed by atoms with Crippen LogP contribution in [0.4, 0.5) is 0 Å². The Labute approximate surface area is 141 Å². The first-order valence-electron chi connectivity index (χ1n) is 8.47. The molecule has 1 saturated heterocycles. The number of fused-ring (bicyclic) bond motifs is 1. The van der Waals surface area contributed by atoms with Crippen molar-refractivity contribution in [3.05, 3.63) is 48.0 Å². The van der Waals surface area contributed by atoms with Crippen molar-refractivity contribution >= 4 is 17.7 Å². The lowest BCUT2D eigenvalue weighted by Crippen LogP contribution is -2.35. The van der Waals surface area contributed by atoms with Crippen LogP contribution in [-0.4, -0.2) is 35.7 Å². The summed E-state index contributed by atoms with van der Waals surface area (Å²) in [6.45, 7) is 0.738. The molecule has 1 heterocycles. The minimum Gasteiger partial charge on any atom is -0.356 e. The molecule has 0 aromatic heterocycles. The lowest BCUT2D eigenvalue weighted by atomic mass is 9.85. The lowest BCUT2D eigenvalue weighted by molar-refractivity contribution is -0.140. The van der Waals surface area contributed by atoms with Gasteiger partial charge in [0.05, 0.1) is 11.8 Å². The molecule has 2 aliphatic rings. The molecule has 0 radical (unpaired) electrons. The number of rotatable bonds is 6. The third-order valence-corrected chi connectivity index (χ3v) is 4.74. The summed E-state index contributed by atoms with van der Waals surface area (Å²) in [5, 5.41) is 2.85. The normalized spacial score (nSPS) is 22.6. The number of likely N-dealkylation sites (tertiary alicyclic amines) is 1. The molecule has 5 nitrogen and oxygen atoms in total. The van der Waals surface area contributed by atoms with Crippen LogP contribution in [0.2, 0.25) is 0 Å². The molecule has 0 saturated carbocycles. The summed E-state index contributed by atoms with van der Waals surface area (Å²) >= 11 is 0. The fourth-order valence-electron chi connectivity index (χ4n) is 3.38. The number of carbonyl (C=O) groups is 3. The molecule has 2 atom stereocenters. The van der Waals surface area contributed by atoms with E-state index >= 15 is 0 Å². The van der Waals surface area contributed by atoms with Gasteiger partial charge in [0, 0.05) is 19.5 Å². The molecule has 1 aromatic rings. The van der Waals surface area contributed by atoms with Crippen molar-refractivity contribution in [1.82, 2.24) is 10.2 Å². The van der Waals surface area contributed by atoms with E-state index in [0.717, 1.165) is 6.42 Å². The first-order chi connectivity index (χ1) is 11.7. The topological polar surface area (TPSA) is 66.5 Å². The quantitative estimate of drug-likeness (QED) is 0.639. The van der Waals surface area contributed by atoms with Crippen molar-refractivity contribution in [1.29, 1.82) is 0 Å². The minimum absolute atomic E-state index is 0.119. The van der Waals surface area contributed by atoms with Gasteiger partial charge in [0.15, 0.2) is 0 Å². The zero-order valence-electron chi connectivity index (χ0n) is 13.6.